The highest BCUT2D eigenvalue weighted by Gasteiger charge is 2.23. The molecule has 0 N–H and O–H groups in total. The van der Waals surface area contributed by atoms with E-state index in [1.165, 1.54) is 0 Å². The SMILES string of the molecule is COc1ccc2c(C)c(CCC(=O)N3CCSc4ccccc43)c(=O)oc2c1. The summed E-state index contributed by atoms with van der Waals surface area (Å²) in [5.41, 5.74) is 2.49. The number of thioether (sulfide) groups is 1. The van der Waals surface area contributed by atoms with Crippen LogP contribution >= 0.6 is 11.8 Å². The molecule has 3 aromatic rings. The molecule has 2 heterocycles. The zero-order valence-electron chi connectivity index (χ0n) is 15.9. The Morgan fingerprint density at radius 1 is 1.25 bits per heavy atom. The van der Waals surface area contributed by atoms with Crippen molar-refractivity contribution in [3.63, 3.8) is 0 Å². The summed E-state index contributed by atoms with van der Waals surface area (Å²) < 4.78 is 10.7. The second kappa shape index (κ2) is 7.72. The molecule has 0 saturated heterocycles. The molecule has 1 amide bonds. The minimum absolute atomic E-state index is 0.0291. The van der Waals surface area contributed by atoms with Gasteiger partial charge in [-0.1, -0.05) is 12.1 Å². The van der Waals surface area contributed by atoms with Gasteiger partial charge in [0.1, 0.15) is 11.3 Å². The van der Waals surface area contributed by atoms with Crippen LogP contribution in [0, 0.1) is 6.92 Å². The summed E-state index contributed by atoms with van der Waals surface area (Å²) in [4.78, 5) is 28.3. The van der Waals surface area contributed by atoms with Gasteiger partial charge in [-0.3, -0.25) is 4.79 Å². The number of carbonyl (C=O) groups excluding carboxylic acids is 1. The topological polar surface area (TPSA) is 59.8 Å². The number of hydrogen-bond donors (Lipinski definition) is 0. The van der Waals surface area contributed by atoms with Gasteiger partial charge < -0.3 is 14.1 Å². The Morgan fingerprint density at radius 2 is 2.07 bits per heavy atom. The van der Waals surface area contributed by atoms with Crippen LogP contribution in [0.3, 0.4) is 0 Å². The normalized spacial score (nSPS) is 13.4. The van der Waals surface area contributed by atoms with Gasteiger partial charge in [-0.25, -0.2) is 4.79 Å². The lowest BCUT2D eigenvalue weighted by Crippen LogP contribution is -2.35. The van der Waals surface area contributed by atoms with Gasteiger partial charge in [0, 0.05) is 40.6 Å². The van der Waals surface area contributed by atoms with E-state index >= 15 is 0 Å². The van der Waals surface area contributed by atoms with Crippen molar-refractivity contribution >= 4 is 34.3 Å². The molecule has 0 spiro atoms. The second-order valence-electron chi connectivity index (χ2n) is 6.72. The van der Waals surface area contributed by atoms with E-state index in [1.54, 1.807) is 24.9 Å². The summed E-state index contributed by atoms with van der Waals surface area (Å²) in [5, 5.41) is 0.863. The molecule has 0 radical (unpaired) electrons. The highest BCUT2D eigenvalue weighted by molar-refractivity contribution is 7.99. The average molecular weight is 395 g/mol. The Hall–Kier alpha value is -2.73. The molecule has 6 heteroatoms. The minimum atomic E-state index is -0.388. The van der Waals surface area contributed by atoms with Crippen LogP contribution < -0.4 is 15.3 Å². The lowest BCUT2D eigenvalue weighted by Gasteiger charge is -2.29. The molecule has 1 aromatic heterocycles. The minimum Gasteiger partial charge on any atom is -0.497 e. The van der Waals surface area contributed by atoms with E-state index < -0.39 is 0 Å². The standard InChI is InChI=1S/C22H21NO4S/c1-14-16-8-7-15(26-2)13-19(16)27-22(25)17(14)9-10-21(24)23-11-12-28-20-6-4-3-5-18(20)23/h3-8,13H,9-12H2,1-2H3. The first-order chi connectivity index (χ1) is 13.6. The predicted octanol–water partition coefficient (Wildman–Crippen LogP) is 4.18. The zero-order valence-corrected chi connectivity index (χ0v) is 16.7. The molecular weight excluding hydrogens is 374 g/mol. The monoisotopic (exact) mass is 395 g/mol. The van der Waals surface area contributed by atoms with Gasteiger partial charge in [0.2, 0.25) is 5.91 Å². The molecule has 144 valence electrons. The molecule has 0 atom stereocenters. The largest absolute Gasteiger partial charge is 0.497 e. The number of carbonyl (C=O) groups is 1. The van der Waals surface area contributed by atoms with Crippen LogP contribution in [0.25, 0.3) is 11.0 Å². The lowest BCUT2D eigenvalue weighted by atomic mass is 10.0. The third-order valence-electron chi connectivity index (χ3n) is 5.11. The molecule has 4 rings (SSSR count). The third kappa shape index (κ3) is 3.40. The van der Waals surface area contributed by atoms with Gasteiger partial charge in [-0.05, 0) is 43.2 Å². The van der Waals surface area contributed by atoms with E-state index in [0.29, 0.717) is 29.9 Å². The van der Waals surface area contributed by atoms with Gasteiger partial charge in [-0.2, -0.15) is 0 Å². The number of rotatable bonds is 4. The highest BCUT2D eigenvalue weighted by atomic mass is 32.2. The van der Waals surface area contributed by atoms with Crippen molar-refractivity contribution in [3.05, 3.63) is 64.0 Å². The van der Waals surface area contributed by atoms with Gasteiger partial charge in [0.25, 0.3) is 0 Å². The van der Waals surface area contributed by atoms with E-state index in [-0.39, 0.29) is 18.0 Å². The number of nitrogens with zero attached hydrogens (tertiary/aromatic N) is 1. The molecule has 0 fully saturated rings. The first-order valence-corrected chi connectivity index (χ1v) is 10.2. The van der Waals surface area contributed by atoms with Crippen molar-refractivity contribution in [2.45, 2.75) is 24.7 Å². The molecule has 28 heavy (non-hydrogen) atoms. The Kier molecular flexibility index (Phi) is 5.13. The number of hydrogen-bond acceptors (Lipinski definition) is 5. The Morgan fingerprint density at radius 3 is 2.89 bits per heavy atom. The molecule has 1 aliphatic rings. The van der Waals surface area contributed by atoms with E-state index in [2.05, 4.69) is 0 Å². The van der Waals surface area contributed by atoms with Crippen molar-refractivity contribution in [2.24, 2.45) is 0 Å². The molecule has 1 aliphatic heterocycles. The van der Waals surface area contributed by atoms with Crippen molar-refractivity contribution in [2.75, 3.05) is 24.3 Å². The molecule has 0 unspecified atom stereocenters. The van der Waals surface area contributed by atoms with E-state index in [9.17, 15) is 9.59 Å². The molecule has 2 aromatic carbocycles. The number of benzene rings is 2. The summed E-state index contributed by atoms with van der Waals surface area (Å²) in [6.07, 6.45) is 0.632. The quantitative estimate of drug-likeness (QED) is 0.620. The summed E-state index contributed by atoms with van der Waals surface area (Å²) in [6, 6.07) is 13.4. The molecule has 0 bridgehead atoms. The molecule has 0 aliphatic carbocycles. The van der Waals surface area contributed by atoms with Crippen LogP contribution in [0.4, 0.5) is 5.69 Å². The molecule has 0 saturated carbocycles. The summed E-state index contributed by atoms with van der Waals surface area (Å²) in [5.74, 6) is 1.54. The lowest BCUT2D eigenvalue weighted by molar-refractivity contribution is -0.118. The third-order valence-corrected chi connectivity index (χ3v) is 6.16. The molecular formula is C22H21NO4S. The van der Waals surface area contributed by atoms with Crippen LogP contribution in [0.2, 0.25) is 0 Å². The number of fused-ring (bicyclic) bond motifs is 2. The first-order valence-electron chi connectivity index (χ1n) is 9.21. The van der Waals surface area contributed by atoms with Crippen molar-refractivity contribution < 1.29 is 13.9 Å². The number of para-hydroxylation sites is 1. The van der Waals surface area contributed by atoms with E-state index in [1.807, 2.05) is 48.2 Å². The highest BCUT2D eigenvalue weighted by Crippen LogP contribution is 2.34. The van der Waals surface area contributed by atoms with Crippen LogP contribution in [-0.2, 0) is 11.2 Å². The first kappa shape index (κ1) is 18.6. The summed E-state index contributed by atoms with van der Waals surface area (Å²) in [6.45, 7) is 2.59. The maximum Gasteiger partial charge on any atom is 0.339 e. The zero-order chi connectivity index (χ0) is 19.7. The average Bonchev–Trinajstić information content (AvgIpc) is 2.72. The van der Waals surface area contributed by atoms with Crippen molar-refractivity contribution in [1.82, 2.24) is 0 Å². The van der Waals surface area contributed by atoms with Crippen LogP contribution in [0.1, 0.15) is 17.5 Å². The van der Waals surface area contributed by atoms with E-state index in [4.69, 9.17) is 9.15 Å². The van der Waals surface area contributed by atoms with E-state index in [0.717, 1.165) is 27.3 Å². The molecule has 5 nitrogen and oxygen atoms in total. The van der Waals surface area contributed by atoms with Gasteiger partial charge in [0.15, 0.2) is 0 Å². The summed E-state index contributed by atoms with van der Waals surface area (Å²) >= 11 is 1.76. The number of aryl methyl sites for hydroxylation is 1. The number of methoxy groups -OCH3 is 1. The number of amides is 1. The fourth-order valence-electron chi connectivity index (χ4n) is 3.59. The fourth-order valence-corrected chi connectivity index (χ4v) is 4.58. The Balaban J connectivity index is 1.58. The van der Waals surface area contributed by atoms with Crippen LogP contribution in [0.15, 0.2) is 56.6 Å². The van der Waals surface area contributed by atoms with Gasteiger partial charge in [0.05, 0.1) is 12.8 Å². The second-order valence-corrected chi connectivity index (χ2v) is 7.85. The predicted molar refractivity (Wildman–Crippen MR) is 112 cm³/mol. The Bertz CT molecular complexity index is 1110. The maximum absolute atomic E-state index is 12.9. The fraction of sp³-hybridized carbons (Fsp3) is 0.273. The van der Waals surface area contributed by atoms with Crippen LogP contribution in [0.5, 0.6) is 5.75 Å². The van der Waals surface area contributed by atoms with Gasteiger partial charge >= 0.3 is 5.63 Å². The smallest absolute Gasteiger partial charge is 0.339 e. The van der Waals surface area contributed by atoms with Crippen molar-refractivity contribution in [1.29, 1.82) is 0 Å². The number of ether oxygens (including phenoxy) is 1. The maximum atomic E-state index is 12.9. The Labute approximate surface area is 167 Å². The summed E-state index contributed by atoms with van der Waals surface area (Å²) in [7, 11) is 1.57. The number of anilines is 1. The van der Waals surface area contributed by atoms with Gasteiger partial charge in [-0.15, -0.1) is 11.8 Å². The van der Waals surface area contributed by atoms with Crippen molar-refractivity contribution in [3.8, 4) is 5.75 Å². The van der Waals surface area contributed by atoms with Crippen LogP contribution in [-0.4, -0.2) is 25.3 Å².